The Morgan fingerprint density at radius 2 is 2.11 bits per heavy atom. The molecule has 0 unspecified atom stereocenters. The normalized spacial score (nSPS) is 15.1. The molecule has 0 radical (unpaired) electrons. The van der Waals surface area contributed by atoms with Gasteiger partial charge in [0.1, 0.15) is 6.61 Å². The van der Waals surface area contributed by atoms with E-state index in [2.05, 4.69) is 15.1 Å². The average molecular weight is 376 g/mol. The molecule has 0 atom stereocenters. The van der Waals surface area contributed by atoms with Crippen LogP contribution in [0.4, 0.5) is 0 Å². The Bertz CT molecular complexity index is 726. The summed E-state index contributed by atoms with van der Waals surface area (Å²) in [6.45, 7) is 2.16. The first kappa shape index (κ1) is 19.2. The van der Waals surface area contributed by atoms with Crippen LogP contribution in [0.3, 0.4) is 0 Å². The van der Waals surface area contributed by atoms with Crippen molar-refractivity contribution >= 4 is 5.91 Å². The molecule has 3 heterocycles. The predicted molar refractivity (Wildman–Crippen MR) is 94.4 cm³/mol. The number of hydrogen-bond donors (Lipinski definition) is 0. The van der Waals surface area contributed by atoms with Gasteiger partial charge in [0, 0.05) is 38.9 Å². The third kappa shape index (κ3) is 5.24. The van der Waals surface area contributed by atoms with Crippen LogP contribution in [0.25, 0.3) is 0 Å². The molecule has 0 N–H and O–H groups in total. The zero-order chi connectivity index (χ0) is 19.1. The maximum atomic E-state index is 12.5. The van der Waals surface area contributed by atoms with Gasteiger partial charge in [0.05, 0.1) is 25.4 Å². The number of aromatic nitrogens is 3. The number of amides is 1. The van der Waals surface area contributed by atoms with Gasteiger partial charge in [-0.2, -0.15) is 4.98 Å². The Morgan fingerprint density at radius 3 is 2.78 bits per heavy atom. The molecule has 0 spiro atoms. The van der Waals surface area contributed by atoms with E-state index in [1.807, 2.05) is 4.90 Å². The fraction of sp³-hybridized carbons (Fsp3) is 0.556. The van der Waals surface area contributed by atoms with Gasteiger partial charge >= 0.3 is 0 Å². The Kier molecular flexibility index (Phi) is 6.72. The summed E-state index contributed by atoms with van der Waals surface area (Å²) in [6.07, 6.45) is 3.87. The standard InChI is InChI=1S/C18H24N4O5/c1-24-12-17-20-15(21-27-17)7-10-26-14-5-8-22(9-6-14)18(23)13-3-4-16(25-2)19-11-13/h3-4,11,14H,5-10,12H2,1-2H3. The van der Waals surface area contributed by atoms with Gasteiger partial charge in [0.25, 0.3) is 11.8 Å². The maximum Gasteiger partial charge on any atom is 0.255 e. The van der Waals surface area contributed by atoms with Gasteiger partial charge in [0.2, 0.25) is 5.88 Å². The van der Waals surface area contributed by atoms with Crippen molar-refractivity contribution in [3.8, 4) is 5.88 Å². The maximum absolute atomic E-state index is 12.5. The third-order valence-corrected chi connectivity index (χ3v) is 4.38. The average Bonchev–Trinajstić information content (AvgIpc) is 3.16. The van der Waals surface area contributed by atoms with Crippen molar-refractivity contribution in [1.29, 1.82) is 0 Å². The molecule has 0 saturated carbocycles. The molecule has 1 amide bonds. The molecular formula is C18H24N4O5. The smallest absolute Gasteiger partial charge is 0.255 e. The minimum atomic E-state index is -0.0129. The molecule has 1 aliphatic rings. The van der Waals surface area contributed by atoms with Gasteiger partial charge in [-0.05, 0) is 18.9 Å². The van der Waals surface area contributed by atoms with Crippen LogP contribution >= 0.6 is 0 Å². The van der Waals surface area contributed by atoms with Crippen molar-refractivity contribution in [3.05, 3.63) is 35.6 Å². The number of hydrogen-bond acceptors (Lipinski definition) is 8. The largest absolute Gasteiger partial charge is 0.481 e. The van der Waals surface area contributed by atoms with E-state index in [4.69, 9.17) is 18.7 Å². The van der Waals surface area contributed by atoms with E-state index in [-0.39, 0.29) is 12.0 Å². The monoisotopic (exact) mass is 376 g/mol. The van der Waals surface area contributed by atoms with Crippen molar-refractivity contribution in [3.63, 3.8) is 0 Å². The lowest BCUT2D eigenvalue weighted by molar-refractivity contribution is 0.00946. The summed E-state index contributed by atoms with van der Waals surface area (Å²) in [6, 6.07) is 3.43. The highest BCUT2D eigenvalue weighted by molar-refractivity contribution is 5.94. The zero-order valence-corrected chi connectivity index (χ0v) is 15.6. The molecule has 9 heteroatoms. The van der Waals surface area contributed by atoms with Crippen LogP contribution in [0.2, 0.25) is 0 Å². The highest BCUT2D eigenvalue weighted by Crippen LogP contribution is 2.17. The molecule has 3 rings (SSSR count). The molecule has 2 aromatic heterocycles. The second kappa shape index (κ2) is 9.43. The molecule has 1 saturated heterocycles. The quantitative estimate of drug-likeness (QED) is 0.683. The molecule has 0 aromatic carbocycles. The second-order valence-corrected chi connectivity index (χ2v) is 6.24. The lowest BCUT2D eigenvalue weighted by Crippen LogP contribution is -2.41. The highest BCUT2D eigenvalue weighted by atomic mass is 16.5. The lowest BCUT2D eigenvalue weighted by atomic mass is 10.1. The molecule has 9 nitrogen and oxygen atoms in total. The molecule has 0 aliphatic carbocycles. The van der Waals surface area contributed by atoms with E-state index in [1.165, 1.54) is 0 Å². The summed E-state index contributed by atoms with van der Waals surface area (Å²) in [4.78, 5) is 22.7. The number of rotatable bonds is 8. The first-order chi connectivity index (χ1) is 13.2. The van der Waals surface area contributed by atoms with Gasteiger partial charge in [-0.1, -0.05) is 5.16 Å². The molecular weight excluding hydrogens is 352 g/mol. The Balaban J connectivity index is 1.39. The van der Waals surface area contributed by atoms with Crippen LogP contribution in [0.1, 0.15) is 34.9 Å². The highest BCUT2D eigenvalue weighted by Gasteiger charge is 2.24. The van der Waals surface area contributed by atoms with Crippen LogP contribution in [0.5, 0.6) is 5.88 Å². The molecule has 1 aliphatic heterocycles. The predicted octanol–water partition coefficient (Wildman–Crippen LogP) is 1.48. The number of ether oxygens (including phenoxy) is 3. The Morgan fingerprint density at radius 1 is 1.30 bits per heavy atom. The summed E-state index contributed by atoms with van der Waals surface area (Å²) in [5.41, 5.74) is 0.569. The third-order valence-electron chi connectivity index (χ3n) is 4.38. The summed E-state index contributed by atoms with van der Waals surface area (Å²) in [7, 11) is 3.13. The van der Waals surface area contributed by atoms with Crippen molar-refractivity contribution in [1.82, 2.24) is 20.0 Å². The number of pyridine rings is 1. The topological polar surface area (TPSA) is 99.8 Å². The van der Waals surface area contributed by atoms with Crippen LogP contribution in [-0.2, 0) is 22.5 Å². The Labute approximate surface area is 157 Å². The van der Waals surface area contributed by atoms with E-state index in [0.717, 1.165) is 12.8 Å². The van der Waals surface area contributed by atoms with Gasteiger partial charge in [-0.15, -0.1) is 0 Å². The van der Waals surface area contributed by atoms with Gasteiger partial charge in [-0.3, -0.25) is 4.79 Å². The molecule has 27 heavy (non-hydrogen) atoms. The summed E-state index contributed by atoms with van der Waals surface area (Å²) in [5, 5.41) is 3.88. The minimum Gasteiger partial charge on any atom is -0.481 e. The fourth-order valence-corrected chi connectivity index (χ4v) is 2.93. The van der Waals surface area contributed by atoms with Gasteiger partial charge in [-0.25, -0.2) is 4.98 Å². The number of carbonyl (C=O) groups excluding carboxylic acids is 1. The first-order valence-electron chi connectivity index (χ1n) is 8.91. The van der Waals surface area contributed by atoms with Crippen molar-refractivity contribution in [2.45, 2.75) is 32.0 Å². The lowest BCUT2D eigenvalue weighted by Gasteiger charge is -2.32. The molecule has 2 aromatic rings. The summed E-state index contributed by atoms with van der Waals surface area (Å²) in [5.74, 6) is 1.56. The van der Waals surface area contributed by atoms with E-state index >= 15 is 0 Å². The zero-order valence-electron chi connectivity index (χ0n) is 15.6. The van der Waals surface area contributed by atoms with E-state index in [9.17, 15) is 4.79 Å². The molecule has 0 bridgehead atoms. The number of likely N-dealkylation sites (tertiary alicyclic amines) is 1. The van der Waals surface area contributed by atoms with E-state index in [0.29, 0.717) is 55.9 Å². The van der Waals surface area contributed by atoms with Gasteiger partial charge < -0.3 is 23.6 Å². The van der Waals surface area contributed by atoms with Crippen LogP contribution in [-0.4, -0.2) is 66.0 Å². The fourth-order valence-electron chi connectivity index (χ4n) is 2.93. The summed E-state index contributed by atoms with van der Waals surface area (Å²) < 4.78 is 20.9. The molecule has 1 fully saturated rings. The number of piperidine rings is 1. The SMILES string of the molecule is COCc1nc(CCOC2CCN(C(=O)c3ccc(OC)nc3)CC2)no1. The van der Waals surface area contributed by atoms with Crippen molar-refractivity contribution < 1.29 is 23.5 Å². The summed E-state index contributed by atoms with van der Waals surface area (Å²) >= 11 is 0. The van der Waals surface area contributed by atoms with E-state index < -0.39 is 0 Å². The van der Waals surface area contributed by atoms with Crippen LogP contribution in [0.15, 0.2) is 22.9 Å². The van der Waals surface area contributed by atoms with E-state index in [1.54, 1.807) is 32.5 Å². The Hall–Kier alpha value is -2.52. The molecule has 146 valence electrons. The number of carbonyl (C=O) groups is 1. The van der Waals surface area contributed by atoms with Crippen molar-refractivity contribution in [2.24, 2.45) is 0 Å². The number of methoxy groups -OCH3 is 2. The number of nitrogens with zero attached hydrogens (tertiary/aromatic N) is 4. The minimum absolute atomic E-state index is 0.0129. The second-order valence-electron chi connectivity index (χ2n) is 6.24. The van der Waals surface area contributed by atoms with Gasteiger partial charge in [0.15, 0.2) is 5.82 Å². The first-order valence-corrected chi connectivity index (χ1v) is 8.91. The van der Waals surface area contributed by atoms with Crippen LogP contribution in [0, 0.1) is 0 Å². The van der Waals surface area contributed by atoms with Crippen LogP contribution < -0.4 is 4.74 Å². The van der Waals surface area contributed by atoms with Crippen molar-refractivity contribution in [2.75, 3.05) is 33.9 Å².